The van der Waals surface area contributed by atoms with Gasteiger partial charge in [0.1, 0.15) is 5.60 Å². The Morgan fingerprint density at radius 1 is 0.750 bits per heavy atom. The molecule has 4 nitrogen and oxygen atoms in total. The largest absolute Gasteiger partial charge is 0.404 e. The Morgan fingerprint density at radius 2 is 1.37 bits per heavy atom. The molecule has 0 aromatic heterocycles. The molecule has 0 N–H and O–H groups in total. The van der Waals surface area contributed by atoms with Gasteiger partial charge in [0, 0.05) is 17.4 Å². The van der Waals surface area contributed by atoms with Crippen molar-refractivity contribution < 1.29 is 18.6 Å². The third-order valence-electron chi connectivity index (χ3n) is 16.3. The Hall–Kier alpha value is -1.76. The van der Waals surface area contributed by atoms with Crippen molar-refractivity contribution in [2.45, 2.75) is 156 Å². The molecule has 6 aliphatic rings. The van der Waals surface area contributed by atoms with Gasteiger partial charge in [-0.3, -0.25) is 0 Å². The summed E-state index contributed by atoms with van der Waals surface area (Å²) in [6.45, 7) is 26.2. The van der Waals surface area contributed by atoms with Gasteiger partial charge in [-0.2, -0.15) is 0 Å². The van der Waals surface area contributed by atoms with Crippen molar-refractivity contribution in [1.82, 2.24) is 0 Å². The summed E-state index contributed by atoms with van der Waals surface area (Å²) in [5, 5.41) is 2.76. The molecule has 1 spiro atoms. The van der Waals surface area contributed by atoms with Gasteiger partial charge in [-0.25, -0.2) is 0 Å². The highest BCUT2D eigenvalue weighted by atomic mass is 28.4. The van der Waals surface area contributed by atoms with Crippen LogP contribution in [0.3, 0.4) is 0 Å². The van der Waals surface area contributed by atoms with Crippen LogP contribution in [-0.4, -0.2) is 44.1 Å². The number of epoxide rings is 1. The van der Waals surface area contributed by atoms with E-state index < -0.39 is 14.1 Å². The second-order valence-electron chi connectivity index (χ2n) is 20.5. The van der Waals surface area contributed by atoms with Gasteiger partial charge in [-0.1, -0.05) is 135 Å². The average molecular weight is 725 g/mol. The fourth-order valence-electron chi connectivity index (χ4n) is 13.1. The lowest BCUT2D eigenvalue weighted by Crippen LogP contribution is -2.68. The number of rotatable bonds is 8. The lowest BCUT2D eigenvalue weighted by molar-refractivity contribution is -0.160. The van der Waals surface area contributed by atoms with Crippen LogP contribution in [0.15, 0.2) is 72.8 Å². The van der Waals surface area contributed by atoms with Crippen LogP contribution in [0.2, 0.25) is 5.04 Å². The van der Waals surface area contributed by atoms with E-state index in [2.05, 4.69) is 149 Å². The van der Waals surface area contributed by atoms with Gasteiger partial charge >= 0.3 is 0 Å². The highest BCUT2D eigenvalue weighted by Gasteiger charge is 2.81. The standard InChI is InChI=1S/C47H68O4Si/c1-30(2)31(3)41-42(50-44(8,9)49-41)32(4)39-29-40-47(48-40)38-23-22-33-28-34(24-26-45(33,10)37(38)25-27-46(39,47)11)51-52(43(5,6)7,35-18-14-12-15-19-35)36-20-16-13-17-21-36/h12-23,30-34,37-42H,24-29H2,1-11H3/t31-,32+,33-,34-,37+,38-,39-,40-,41+,42+,45+,46-,47-/m1/s1. The molecular formula is C47H68O4Si. The molecule has 13 atom stereocenters. The van der Waals surface area contributed by atoms with Gasteiger partial charge < -0.3 is 18.6 Å². The Labute approximate surface area is 316 Å². The minimum atomic E-state index is -2.61. The van der Waals surface area contributed by atoms with Crippen LogP contribution in [0.4, 0.5) is 0 Å². The number of ether oxygens (including phenoxy) is 3. The highest BCUT2D eigenvalue weighted by molar-refractivity contribution is 6.99. The predicted octanol–water partition coefficient (Wildman–Crippen LogP) is 9.95. The van der Waals surface area contributed by atoms with E-state index in [0.29, 0.717) is 47.5 Å². The quantitative estimate of drug-likeness (QED) is 0.154. The lowest BCUT2D eigenvalue weighted by Gasteiger charge is -2.60. The third-order valence-corrected chi connectivity index (χ3v) is 21.3. The second-order valence-corrected chi connectivity index (χ2v) is 24.8. The molecule has 2 heterocycles. The Balaban J connectivity index is 1.05. The Kier molecular flexibility index (Phi) is 9.03. The molecule has 5 heteroatoms. The third kappa shape index (κ3) is 5.40. The minimum absolute atomic E-state index is 0.0102. The Bertz CT molecular complexity index is 1590. The van der Waals surface area contributed by atoms with E-state index in [1.54, 1.807) is 0 Å². The van der Waals surface area contributed by atoms with Crippen molar-refractivity contribution in [2.75, 3.05) is 0 Å². The first kappa shape index (κ1) is 37.2. The number of hydrogen-bond acceptors (Lipinski definition) is 4. The van der Waals surface area contributed by atoms with Crippen LogP contribution < -0.4 is 10.4 Å². The fourth-order valence-corrected chi connectivity index (χ4v) is 17.9. The molecule has 2 aromatic rings. The number of benzene rings is 2. The average Bonchev–Trinajstić information content (AvgIpc) is 3.64. The number of fused-ring (bicyclic) bond motifs is 3. The number of allylic oxidation sites excluding steroid dienone is 1. The van der Waals surface area contributed by atoms with Crippen molar-refractivity contribution in [3.05, 3.63) is 72.8 Å². The molecule has 0 bridgehead atoms. The monoisotopic (exact) mass is 724 g/mol. The van der Waals surface area contributed by atoms with Crippen molar-refractivity contribution in [1.29, 1.82) is 0 Å². The molecule has 2 aromatic carbocycles. The van der Waals surface area contributed by atoms with E-state index >= 15 is 0 Å². The van der Waals surface area contributed by atoms with E-state index in [9.17, 15) is 0 Å². The van der Waals surface area contributed by atoms with Gasteiger partial charge in [0.15, 0.2) is 5.79 Å². The lowest BCUT2D eigenvalue weighted by atomic mass is 9.45. The summed E-state index contributed by atoms with van der Waals surface area (Å²) in [5.74, 6) is 3.15. The molecule has 2 saturated heterocycles. The summed E-state index contributed by atoms with van der Waals surface area (Å²) >= 11 is 0. The first-order valence-electron chi connectivity index (χ1n) is 21.0. The molecule has 0 amide bonds. The molecule has 52 heavy (non-hydrogen) atoms. The molecule has 2 aliphatic heterocycles. The smallest absolute Gasteiger partial charge is 0.261 e. The SMILES string of the molecule is CC(C)[C@@H](C)[C@@H]1OC(C)(C)O[C@H]1[C@@H](C)[C@H]1C[C@H]2O[C@]23[C@@H]2C=C[C@@H]4C[C@H](O[Si](c5ccccc5)(c5ccccc5)C(C)(C)C)CC[C@]4(C)[C@H]2CC[C@]13C. The number of hydrogen-bond donors (Lipinski definition) is 0. The molecule has 4 aliphatic carbocycles. The van der Waals surface area contributed by atoms with Gasteiger partial charge in [-0.05, 0) is 109 Å². The fraction of sp³-hybridized carbons (Fsp3) is 0.702. The van der Waals surface area contributed by atoms with E-state index in [0.717, 1.165) is 19.3 Å². The summed E-state index contributed by atoms with van der Waals surface area (Å²) in [4.78, 5) is 0. The zero-order valence-corrected chi connectivity index (χ0v) is 35.2. The maximum atomic E-state index is 7.76. The summed E-state index contributed by atoms with van der Waals surface area (Å²) in [6.07, 6.45) is 13.3. The predicted molar refractivity (Wildman–Crippen MR) is 214 cm³/mol. The summed E-state index contributed by atoms with van der Waals surface area (Å²) in [5.41, 5.74) is 0.387. The summed E-state index contributed by atoms with van der Waals surface area (Å²) in [7, 11) is -2.61. The van der Waals surface area contributed by atoms with Crippen molar-refractivity contribution in [3.8, 4) is 0 Å². The topological polar surface area (TPSA) is 40.2 Å². The van der Waals surface area contributed by atoms with Crippen LogP contribution in [0.5, 0.6) is 0 Å². The van der Waals surface area contributed by atoms with Crippen LogP contribution in [0.1, 0.15) is 115 Å². The molecule has 5 fully saturated rings. The van der Waals surface area contributed by atoms with Gasteiger partial charge in [-0.15, -0.1) is 0 Å². The molecule has 3 saturated carbocycles. The summed E-state index contributed by atoms with van der Waals surface area (Å²) < 4.78 is 28.3. The van der Waals surface area contributed by atoms with Crippen LogP contribution in [-0.2, 0) is 18.6 Å². The van der Waals surface area contributed by atoms with Gasteiger partial charge in [0.25, 0.3) is 8.32 Å². The van der Waals surface area contributed by atoms with Crippen molar-refractivity contribution in [2.24, 2.45) is 52.3 Å². The van der Waals surface area contributed by atoms with E-state index in [4.69, 9.17) is 18.6 Å². The van der Waals surface area contributed by atoms with Crippen LogP contribution in [0, 0.1) is 52.3 Å². The van der Waals surface area contributed by atoms with Crippen LogP contribution >= 0.6 is 0 Å². The molecular weight excluding hydrogens is 657 g/mol. The second kappa shape index (κ2) is 12.6. The molecule has 0 unspecified atom stereocenters. The van der Waals surface area contributed by atoms with Crippen molar-refractivity contribution >= 4 is 18.7 Å². The van der Waals surface area contributed by atoms with Crippen LogP contribution in [0.25, 0.3) is 0 Å². The van der Waals surface area contributed by atoms with E-state index in [1.165, 1.54) is 29.6 Å². The normalized spacial score (nSPS) is 41.8. The first-order valence-corrected chi connectivity index (χ1v) is 22.9. The maximum Gasteiger partial charge on any atom is 0.261 e. The molecule has 0 radical (unpaired) electrons. The van der Waals surface area contributed by atoms with Crippen molar-refractivity contribution in [3.63, 3.8) is 0 Å². The van der Waals surface area contributed by atoms with E-state index in [1.807, 2.05) is 0 Å². The van der Waals surface area contributed by atoms with Gasteiger partial charge in [0.2, 0.25) is 0 Å². The zero-order valence-electron chi connectivity index (χ0n) is 34.2. The minimum Gasteiger partial charge on any atom is -0.404 e. The Morgan fingerprint density at radius 3 is 1.96 bits per heavy atom. The maximum absolute atomic E-state index is 7.76. The highest BCUT2D eigenvalue weighted by Crippen LogP contribution is 2.76. The molecule has 8 rings (SSSR count). The van der Waals surface area contributed by atoms with E-state index in [-0.39, 0.29) is 39.8 Å². The summed E-state index contributed by atoms with van der Waals surface area (Å²) in [6, 6.07) is 22.4. The molecule has 284 valence electrons. The zero-order chi connectivity index (χ0) is 37.1. The first-order chi connectivity index (χ1) is 24.5. The van der Waals surface area contributed by atoms with Gasteiger partial charge in [0.05, 0.1) is 18.3 Å².